The van der Waals surface area contributed by atoms with Gasteiger partial charge in [-0.15, -0.1) is 0 Å². The van der Waals surface area contributed by atoms with Gasteiger partial charge in [0.1, 0.15) is 5.75 Å². The molecule has 3 rings (SSSR count). The molecule has 2 unspecified atom stereocenters. The molecule has 0 bridgehead atoms. The van der Waals surface area contributed by atoms with Crippen molar-refractivity contribution in [3.63, 3.8) is 0 Å². The summed E-state index contributed by atoms with van der Waals surface area (Å²) in [6.07, 6.45) is -0.727. The first-order valence-corrected chi connectivity index (χ1v) is 9.50. The molecule has 0 aliphatic carbocycles. The third-order valence-corrected chi connectivity index (χ3v) is 4.85. The number of ether oxygens (including phenoxy) is 1. The largest absolute Gasteiger partial charge is 0.477 e. The molecule has 0 spiro atoms. The van der Waals surface area contributed by atoms with Crippen LogP contribution < -0.4 is 20.3 Å². The van der Waals surface area contributed by atoms with Crippen LogP contribution in [0.1, 0.15) is 30.5 Å². The van der Waals surface area contributed by atoms with Crippen molar-refractivity contribution >= 4 is 23.4 Å². The lowest BCUT2D eigenvalue weighted by Crippen LogP contribution is -2.50. The van der Waals surface area contributed by atoms with Gasteiger partial charge in [-0.25, -0.2) is 0 Å². The van der Waals surface area contributed by atoms with Crippen LogP contribution in [0.3, 0.4) is 0 Å². The predicted molar refractivity (Wildman–Crippen MR) is 110 cm³/mol. The second-order valence-electron chi connectivity index (χ2n) is 7.06. The second-order valence-corrected chi connectivity index (χ2v) is 7.06. The highest BCUT2D eigenvalue weighted by Crippen LogP contribution is 2.34. The van der Waals surface area contributed by atoms with Gasteiger partial charge in [0.05, 0.1) is 24.7 Å². The molecule has 0 saturated carbocycles. The standard InChI is InChI=1S/C22H25N3O4/c1-14-8-10-16(11-9-14)17(24-15(2)26)12-21(27)25-13-20(22(28)23-3)29-19-7-5-4-6-18(19)25/h4-11,17,20H,12-13H2,1-3H3,(H,23,28)(H,24,26). The van der Waals surface area contributed by atoms with Crippen molar-refractivity contribution in [2.45, 2.75) is 32.4 Å². The zero-order valence-corrected chi connectivity index (χ0v) is 16.8. The molecule has 2 aromatic carbocycles. The Kier molecular flexibility index (Phi) is 6.16. The van der Waals surface area contributed by atoms with Gasteiger partial charge in [-0.1, -0.05) is 42.0 Å². The van der Waals surface area contributed by atoms with Gasteiger partial charge in [-0.3, -0.25) is 14.4 Å². The molecule has 1 aliphatic heterocycles. The van der Waals surface area contributed by atoms with Crippen LogP contribution in [0.2, 0.25) is 0 Å². The Morgan fingerprint density at radius 1 is 1.14 bits per heavy atom. The second kappa shape index (κ2) is 8.77. The molecule has 1 heterocycles. The lowest BCUT2D eigenvalue weighted by Gasteiger charge is -2.34. The van der Waals surface area contributed by atoms with Gasteiger partial charge < -0.3 is 20.3 Å². The number of carbonyl (C=O) groups excluding carboxylic acids is 3. The van der Waals surface area contributed by atoms with Gasteiger partial charge in [0.2, 0.25) is 11.8 Å². The summed E-state index contributed by atoms with van der Waals surface area (Å²) >= 11 is 0. The molecule has 0 saturated heterocycles. The highest BCUT2D eigenvalue weighted by Gasteiger charge is 2.34. The van der Waals surface area contributed by atoms with Gasteiger partial charge >= 0.3 is 0 Å². The SMILES string of the molecule is CNC(=O)C1CN(C(=O)CC(NC(C)=O)c2ccc(C)cc2)c2ccccc2O1. The van der Waals surface area contributed by atoms with E-state index in [1.54, 1.807) is 23.1 Å². The Labute approximate surface area is 170 Å². The summed E-state index contributed by atoms with van der Waals surface area (Å²) in [4.78, 5) is 38.7. The molecule has 2 N–H and O–H groups in total. The van der Waals surface area contributed by atoms with Gasteiger partial charge in [0, 0.05) is 14.0 Å². The number of fused-ring (bicyclic) bond motifs is 1. The van der Waals surface area contributed by atoms with Crippen molar-refractivity contribution in [2.24, 2.45) is 0 Å². The smallest absolute Gasteiger partial charge is 0.262 e. The van der Waals surface area contributed by atoms with E-state index >= 15 is 0 Å². The number of hydrogen-bond donors (Lipinski definition) is 2. The lowest BCUT2D eigenvalue weighted by atomic mass is 10.0. The number of carbonyl (C=O) groups is 3. The predicted octanol–water partition coefficient (Wildman–Crippen LogP) is 2.10. The Morgan fingerprint density at radius 2 is 1.83 bits per heavy atom. The first-order chi connectivity index (χ1) is 13.9. The Hall–Kier alpha value is -3.35. The van der Waals surface area contributed by atoms with Crippen molar-refractivity contribution in [3.8, 4) is 5.75 Å². The van der Waals surface area contributed by atoms with E-state index in [0.717, 1.165) is 11.1 Å². The van der Waals surface area contributed by atoms with Crippen LogP contribution in [0.5, 0.6) is 5.75 Å². The van der Waals surface area contributed by atoms with Crippen LogP contribution in [0.15, 0.2) is 48.5 Å². The molecule has 1 aliphatic rings. The fourth-order valence-corrected chi connectivity index (χ4v) is 3.35. The summed E-state index contributed by atoms with van der Waals surface area (Å²) in [5.74, 6) is -0.232. The maximum Gasteiger partial charge on any atom is 0.262 e. The van der Waals surface area contributed by atoms with E-state index in [1.165, 1.54) is 14.0 Å². The molecule has 0 aromatic heterocycles. The normalized spacial score (nSPS) is 16.2. The monoisotopic (exact) mass is 395 g/mol. The summed E-state index contributed by atoms with van der Waals surface area (Å²) in [5, 5.41) is 5.42. The number of amides is 3. The third kappa shape index (κ3) is 4.74. The molecule has 7 heteroatoms. The molecule has 2 aromatic rings. The molecular weight excluding hydrogens is 370 g/mol. The van der Waals surface area contributed by atoms with Crippen molar-refractivity contribution in [1.29, 1.82) is 0 Å². The summed E-state index contributed by atoms with van der Waals surface area (Å²) in [7, 11) is 1.53. The van der Waals surface area contributed by atoms with E-state index in [-0.39, 0.29) is 30.7 Å². The third-order valence-electron chi connectivity index (χ3n) is 4.85. The summed E-state index contributed by atoms with van der Waals surface area (Å²) in [6.45, 7) is 3.51. The van der Waals surface area contributed by atoms with Crippen molar-refractivity contribution in [3.05, 3.63) is 59.7 Å². The van der Waals surface area contributed by atoms with E-state index in [1.807, 2.05) is 37.3 Å². The van der Waals surface area contributed by atoms with E-state index in [4.69, 9.17) is 4.74 Å². The maximum absolute atomic E-state index is 13.2. The Bertz CT molecular complexity index is 911. The van der Waals surface area contributed by atoms with E-state index in [2.05, 4.69) is 10.6 Å². The number of nitrogens with zero attached hydrogens (tertiary/aromatic N) is 1. The molecule has 3 amide bonds. The zero-order valence-electron chi connectivity index (χ0n) is 16.8. The summed E-state index contributed by atoms with van der Waals surface area (Å²) in [5.41, 5.74) is 2.56. The molecular formula is C22H25N3O4. The maximum atomic E-state index is 13.2. The highest BCUT2D eigenvalue weighted by atomic mass is 16.5. The minimum atomic E-state index is -0.794. The lowest BCUT2D eigenvalue weighted by molar-refractivity contribution is -0.128. The Balaban J connectivity index is 1.87. The Morgan fingerprint density at radius 3 is 2.48 bits per heavy atom. The zero-order chi connectivity index (χ0) is 21.0. The molecule has 0 radical (unpaired) electrons. The molecule has 2 atom stereocenters. The number of hydrogen-bond acceptors (Lipinski definition) is 4. The van der Waals surface area contributed by atoms with Crippen LogP contribution in [-0.4, -0.2) is 37.4 Å². The fraction of sp³-hybridized carbons (Fsp3) is 0.318. The number of rotatable bonds is 5. The first-order valence-electron chi connectivity index (χ1n) is 9.50. The fourth-order valence-electron chi connectivity index (χ4n) is 3.35. The minimum Gasteiger partial charge on any atom is -0.477 e. The van der Waals surface area contributed by atoms with Crippen LogP contribution >= 0.6 is 0 Å². The van der Waals surface area contributed by atoms with Crippen LogP contribution in [0, 0.1) is 6.92 Å². The minimum absolute atomic E-state index is 0.0669. The molecule has 7 nitrogen and oxygen atoms in total. The van der Waals surface area contributed by atoms with Crippen LogP contribution in [0.4, 0.5) is 5.69 Å². The summed E-state index contributed by atoms with van der Waals surface area (Å²) < 4.78 is 5.76. The number of aryl methyl sites for hydroxylation is 1. The number of likely N-dealkylation sites (N-methyl/N-ethyl adjacent to an activating group) is 1. The van der Waals surface area contributed by atoms with E-state index in [0.29, 0.717) is 11.4 Å². The quantitative estimate of drug-likeness (QED) is 0.812. The van der Waals surface area contributed by atoms with E-state index < -0.39 is 12.1 Å². The highest BCUT2D eigenvalue weighted by molar-refractivity contribution is 5.97. The number of benzene rings is 2. The van der Waals surface area contributed by atoms with Crippen molar-refractivity contribution in [1.82, 2.24) is 10.6 Å². The molecule has 29 heavy (non-hydrogen) atoms. The number of anilines is 1. The van der Waals surface area contributed by atoms with Gasteiger partial charge in [0.25, 0.3) is 5.91 Å². The van der Waals surface area contributed by atoms with Crippen LogP contribution in [0.25, 0.3) is 0 Å². The molecule has 152 valence electrons. The van der Waals surface area contributed by atoms with Gasteiger partial charge in [-0.05, 0) is 24.6 Å². The van der Waals surface area contributed by atoms with Gasteiger partial charge in [-0.2, -0.15) is 0 Å². The average molecular weight is 395 g/mol. The number of nitrogens with one attached hydrogen (secondary N) is 2. The summed E-state index contributed by atoms with van der Waals surface area (Å²) in [6, 6.07) is 14.4. The van der Waals surface area contributed by atoms with Gasteiger partial charge in [0.15, 0.2) is 6.10 Å². The average Bonchev–Trinajstić information content (AvgIpc) is 2.72. The van der Waals surface area contributed by atoms with Crippen LogP contribution in [-0.2, 0) is 14.4 Å². The topological polar surface area (TPSA) is 87.7 Å². The van der Waals surface area contributed by atoms with Crippen molar-refractivity contribution in [2.75, 3.05) is 18.5 Å². The van der Waals surface area contributed by atoms with Crippen molar-refractivity contribution < 1.29 is 19.1 Å². The van der Waals surface area contributed by atoms with E-state index in [9.17, 15) is 14.4 Å². The first kappa shape index (κ1) is 20.4. The number of para-hydroxylation sites is 2. The molecule has 0 fully saturated rings.